The zero-order valence-corrected chi connectivity index (χ0v) is 15.5. The summed E-state index contributed by atoms with van der Waals surface area (Å²) >= 11 is 0. The Morgan fingerprint density at radius 3 is 2.16 bits per heavy atom. The topological polar surface area (TPSA) is 45.5 Å². The lowest BCUT2D eigenvalue weighted by Crippen LogP contribution is -2.41. The Kier molecular flexibility index (Phi) is 4.41. The molecule has 0 amide bonds. The van der Waals surface area contributed by atoms with Crippen molar-refractivity contribution in [3.05, 3.63) is 36.3 Å². The molecule has 1 aromatic heterocycles. The Bertz CT molecular complexity index is 740. The Balaban J connectivity index is 2.03. The number of hydrogen-bond acceptors (Lipinski definition) is 4. The molecule has 0 aliphatic carbocycles. The summed E-state index contributed by atoms with van der Waals surface area (Å²) in [6.07, 6.45) is 1.73. The minimum absolute atomic E-state index is 0.0351. The summed E-state index contributed by atoms with van der Waals surface area (Å²) in [5.41, 5.74) is 1.26. The predicted octanol–water partition coefficient (Wildman–Crippen LogP) is 2.83. The molecule has 134 valence electrons. The standard InChI is InChI=1S/C18H24BFN2O3/c1-12(2)23-22-11-15(19-24-17(3,4)18(5,6)25-19)16(21-22)13-7-9-14(20)10-8-13/h7-12H,1-6H3. The number of benzene rings is 1. The van der Waals surface area contributed by atoms with Crippen LogP contribution >= 0.6 is 0 Å². The van der Waals surface area contributed by atoms with Crippen molar-refractivity contribution in [3.8, 4) is 11.3 Å². The van der Waals surface area contributed by atoms with E-state index < -0.39 is 18.3 Å². The SMILES string of the molecule is CC(C)On1cc(B2OC(C)(C)C(C)(C)O2)c(-c2ccc(F)cc2)n1. The van der Waals surface area contributed by atoms with Crippen LogP contribution in [0.25, 0.3) is 11.3 Å². The molecule has 1 aliphatic heterocycles. The maximum atomic E-state index is 13.3. The van der Waals surface area contributed by atoms with Crippen molar-refractivity contribution in [1.29, 1.82) is 0 Å². The summed E-state index contributed by atoms with van der Waals surface area (Å²) in [4.78, 5) is 7.08. The van der Waals surface area contributed by atoms with Crippen LogP contribution in [0.1, 0.15) is 41.5 Å². The van der Waals surface area contributed by atoms with E-state index in [1.54, 1.807) is 18.3 Å². The van der Waals surface area contributed by atoms with Crippen molar-refractivity contribution in [2.24, 2.45) is 0 Å². The molecule has 5 nitrogen and oxygen atoms in total. The normalized spacial score (nSPS) is 18.8. The summed E-state index contributed by atoms with van der Waals surface area (Å²) in [7, 11) is -0.574. The van der Waals surface area contributed by atoms with Gasteiger partial charge >= 0.3 is 7.12 Å². The van der Waals surface area contributed by atoms with Gasteiger partial charge in [-0.1, -0.05) is 0 Å². The molecular weight excluding hydrogens is 322 g/mol. The van der Waals surface area contributed by atoms with Gasteiger partial charge in [-0.25, -0.2) is 4.39 Å². The minimum atomic E-state index is -0.574. The number of halogens is 1. The molecule has 25 heavy (non-hydrogen) atoms. The van der Waals surface area contributed by atoms with E-state index in [0.717, 1.165) is 11.0 Å². The van der Waals surface area contributed by atoms with E-state index in [1.807, 2.05) is 41.5 Å². The number of nitrogens with zero attached hydrogens (tertiary/aromatic N) is 2. The van der Waals surface area contributed by atoms with Gasteiger partial charge in [0.2, 0.25) is 0 Å². The van der Waals surface area contributed by atoms with E-state index in [4.69, 9.17) is 14.1 Å². The Morgan fingerprint density at radius 2 is 1.64 bits per heavy atom. The lowest BCUT2D eigenvalue weighted by atomic mass is 9.78. The van der Waals surface area contributed by atoms with E-state index in [1.165, 1.54) is 17.0 Å². The van der Waals surface area contributed by atoms with Gasteiger partial charge in [0.05, 0.1) is 23.1 Å². The molecule has 1 aliphatic rings. The molecule has 1 fully saturated rings. The van der Waals surface area contributed by atoms with Gasteiger partial charge in [0.15, 0.2) is 0 Å². The summed E-state index contributed by atoms with van der Waals surface area (Å²) in [5.74, 6) is -0.293. The van der Waals surface area contributed by atoms with Crippen LogP contribution in [0, 0.1) is 5.82 Å². The largest absolute Gasteiger partial charge is 0.498 e. The highest BCUT2D eigenvalue weighted by Gasteiger charge is 2.53. The van der Waals surface area contributed by atoms with Crippen molar-refractivity contribution >= 4 is 12.6 Å². The molecule has 0 bridgehead atoms. The van der Waals surface area contributed by atoms with Crippen LogP contribution in [-0.2, 0) is 9.31 Å². The second-order valence-corrected chi connectivity index (χ2v) is 7.58. The van der Waals surface area contributed by atoms with E-state index in [-0.39, 0.29) is 11.9 Å². The van der Waals surface area contributed by atoms with Gasteiger partial charge in [-0.05, 0) is 65.8 Å². The van der Waals surface area contributed by atoms with Crippen LogP contribution in [0.2, 0.25) is 0 Å². The highest BCUT2D eigenvalue weighted by molar-refractivity contribution is 6.63. The molecule has 2 heterocycles. The number of rotatable bonds is 4. The molecule has 0 unspecified atom stereocenters. The van der Waals surface area contributed by atoms with Crippen molar-refractivity contribution in [3.63, 3.8) is 0 Å². The molecule has 2 aromatic rings. The van der Waals surface area contributed by atoms with Crippen LogP contribution < -0.4 is 10.3 Å². The lowest BCUT2D eigenvalue weighted by Gasteiger charge is -2.32. The molecule has 0 radical (unpaired) electrons. The molecular formula is C18H24BFN2O3. The summed E-state index contributed by atoms with van der Waals surface area (Å²) in [6.45, 7) is 11.8. The van der Waals surface area contributed by atoms with E-state index in [9.17, 15) is 4.39 Å². The molecule has 0 saturated carbocycles. The fourth-order valence-electron chi connectivity index (χ4n) is 2.61. The van der Waals surface area contributed by atoms with E-state index in [0.29, 0.717) is 5.69 Å². The average molecular weight is 346 g/mol. The Hall–Kier alpha value is -1.86. The second-order valence-electron chi connectivity index (χ2n) is 7.58. The summed E-state index contributed by atoms with van der Waals surface area (Å²) in [5, 5.41) is 4.50. The summed E-state index contributed by atoms with van der Waals surface area (Å²) < 4.78 is 25.6. The van der Waals surface area contributed by atoms with Crippen molar-refractivity contribution in [2.75, 3.05) is 0 Å². The summed E-state index contributed by atoms with van der Waals surface area (Å²) in [6, 6.07) is 6.19. The molecule has 3 rings (SSSR count). The smallest absolute Gasteiger partial charge is 0.399 e. The van der Waals surface area contributed by atoms with Crippen molar-refractivity contribution in [1.82, 2.24) is 9.94 Å². The highest BCUT2D eigenvalue weighted by atomic mass is 19.1. The zero-order valence-electron chi connectivity index (χ0n) is 15.5. The fraction of sp³-hybridized carbons (Fsp3) is 0.500. The first-order valence-electron chi connectivity index (χ1n) is 8.47. The van der Waals surface area contributed by atoms with Crippen LogP contribution in [-0.4, -0.2) is 34.4 Å². The number of hydrogen-bond donors (Lipinski definition) is 0. The maximum absolute atomic E-state index is 13.3. The quantitative estimate of drug-likeness (QED) is 0.799. The van der Waals surface area contributed by atoms with Gasteiger partial charge in [0.1, 0.15) is 11.9 Å². The van der Waals surface area contributed by atoms with E-state index >= 15 is 0 Å². The first kappa shape index (κ1) is 18.0. The van der Waals surface area contributed by atoms with Gasteiger partial charge < -0.3 is 14.1 Å². The van der Waals surface area contributed by atoms with Gasteiger partial charge in [0.25, 0.3) is 0 Å². The molecule has 0 spiro atoms. The minimum Gasteiger partial charge on any atom is -0.399 e. The van der Waals surface area contributed by atoms with Crippen molar-refractivity contribution < 1.29 is 18.5 Å². The first-order chi connectivity index (χ1) is 11.6. The third-order valence-electron chi connectivity index (χ3n) is 4.67. The molecule has 1 saturated heterocycles. The highest BCUT2D eigenvalue weighted by Crippen LogP contribution is 2.37. The first-order valence-corrected chi connectivity index (χ1v) is 8.47. The predicted molar refractivity (Wildman–Crippen MR) is 95.1 cm³/mol. The second kappa shape index (κ2) is 6.14. The van der Waals surface area contributed by atoms with Crippen LogP contribution in [0.15, 0.2) is 30.5 Å². The van der Waals surface area contributed by atoms with Crippen LogP contribution in [0.5, 0.6) is 0 Å². The average Bonchev–Trinajstić information content (AvgIpc) is 2.98. The third-order valence-corrected chi connectivity index (χ3v) is 4.67. The van der Waals surface area contributed by atoms with Crippen LogP contribution in [0.3, 0.4) is 0 Å². The molecule has 7 heteroatoms. The Labute approximate surface area is 148 Å². The van der Waals surface area contributed by atoms with Gasteiger partial charge in [0, 0.05) is 11.0 Å². The maximum Gasteiger partial charge on any atom is 0.498 e. The Morgan fingerprint density at radius 1 is 1.08 bits per heavy atom. The van der Waals surface area contributed by atoms with Crippen LogP contribution in [0.4, 0.5) is 4.39 Å². The number of aromatic nitrogens is 2. The molecule has 0 N–H and O–H groups in total. The fourth-order valence-corrected chi connectivity index (χ4v) is 2.61. The molecule has 1 aromatic carbocycles. The lowest BCUT2D eigenvalue weighted by molar-refractivity contribution is 0.00578. The zero-order chi connectivity index (χ0) is 18.4. The van der Waals surface area contributed by atoms with Gasteiger partial charge in [-0.3, -0.25) is 0 Å². The monoisotopic (exact) mass is 346 g/mol. The van der Waals surface area contributed by atoms with Crippen molar-refractivity contribution in [2.45, 2.75) is 58.8 Å². The molecule has 0 atom stereocenters. The van der Waals surface area contributed by atoms with E-state index in [2.05, 4.69) is 5.10 Å². The van der Waals surface area contributed by atoms with Gasteiger partial charge in [-0.2, -0.15) is 0 Å². The third kappa shape index (κ3) is 3.44. The van der Waals surface area contributed by atoms with Gasteiger partial charge in [-0.15, -0.1) is 9.94 Å².